The second-order valence-electron chi connectivity index (χ2n) is 6.34. The molecule has 0 aromatic heterocycles. The lowest BCUT2D eigenvalue weighted by Gasteiger charge is -2.18. The molecular formula is C19H20ClN3O4. The lowest BCUT2D eigenvalue weighted by Crippen LogP contribution is -2.37. The zero-order valence-corrected chi connectivity index (χ0v) is 16.0. The van der Waals surface area contributed by atoms with Gasteiger partial charge in [-0.1, -0.05) is 28.8 Å². The van der Waals surface area contributed by atoms with E-state index in [4.69, 9.17) is 11.6 Å². The zero-order chi connectivity index (χ0) is 20.1. The molecule has 8 heteroatoms. The molecule has 7 nitrogen and oxygen atoms in total. The average Bonchev–Trinajstić information content (AvgIpc) is 2.60. The van der Waals surface area contributed by atoms with Gasteiger partial charge in [-0.3, -0.25) is 19.7 Å². The van der Waals surface area contributed by atoms with Crippen LogP contribution in [0.4, 0.5) is 5.69 Å². The number of hydrogen-bond donors (Lipinski definition) is 1. The number of benzene rings is 2. The van der Waals surface area contributed by atoms with Crippen molar-refractivity contribution < 1.29 is 14.5 Å². The van der Waals surface area contributed by atoms with Crippen LogP contribution >= 0.6 is 11.6 Å². The van der Waals surface area contributed by atoms with Crippen molar-refractivity contribution >= 4 is 29.1 Å². The maximum Gasteiger partial charge on any atom is 0.269 e. The number of aryl methyl sites for hydroxylation is 2. The van der Waals surface area contributed by atoms with E-state index in [9.17, 15) is 19.7 Å². The minimum Gasteiger partial charge on any atom is -0.343 e. The molecule has 0 aliphatic carbocycles. The fourth-order valence-electron chi connectivity index (χ4n) is 2.64. The van der Waals surface area contributed by atoms with Crippen LogP contribution in [-0.2, 0) is 11.3 Å². The van der Waals surface area contributed by atoms with Gasteiger partial charge in [-0.2, -0.15) is 0 Å². The predicted octanol–water partition coefficient (Wildman–Crippen LogP) is 3.25. The minimum absolute atomic E-state index is 0.0960. The van der Waals surface area contributed by atoms with Crippen molar-refractivity contribution in [3.63, 3.8) is 0 Å². The Hall–Kier alpha value is -2.93. The van der Waals surface area contributed by atoms with Crippen LogP contribution < -0.4 is 5.32 Å². The van der Waals surface area contributed by atoms with E-state index in [1.807, 2.05) is 19.9 Å². The van der Waals surface area contributed by atoms with Crippen LogP contribution in [0, 0.1) is 24.0 Å². The van der Waals surface area contributed by atoms with Crippen LogP contribution in [0.2, 0.25) is 5.02 Å². The van der Waals surface area contributed by atoms with Gasteiger partial charge in [0.25, 0.3) is 11.6 Å². The summed E-state index contributed by atoms with van der Waals surface area (Å²) in [5.74, 6) is -0.674. The van der Waals surface area contributed by atoms with Gasteiger partial charge < -0.3 is 10.2 Å². The van der Waals surface area contributed by atoms with Crippen molar-refractivity contribution in [1.82, 2.24) is 10.2 Å². The fourth-order valence-corrected chi connectivity index (χ4v) is 2.82. The second kappa shape index (κ2) is 8.64. The van der Waals surface area contributed by atoms with E-state index in [2.05, 4.69) is 5.32 Å². The van der Waals surface area contributed by atoms with Crippen LogP contribution in [0.5, 0.6) is 0 Å². The number of carbonyl (C=O) groups excluding carboxylic acids is 2. The highest BCUT2D eigenvalue weighted by Gasteiger charge is 2.16. The van der Waals surface area contributed by atoms with Gasteiger partial charge in [-0.25, -0.2) is 0 Å². The van der Waals surface area contributed by atoms with Crippen LogP contribution in [-0.4, -0.2) is 35.2 Å². The number of nitrogens with zero attached hydrogens (tertiary/aromatic N) is 2. The van der Waals surface area contributed by atoms with Gasteiger partial charge in [0.2, 0.25) is 5.91 Å². The van der Waals surface area contributed by atoms with E-state index in [1.165, 1.54) is 23.1 Å². The lowest BCUT2D eigenvalue weighted by molar-refractivity contribution is -0.384. The fraction of sp³-hybridized carbons (Fsp3) is 0.263. The smallest absolute Gasteiger partial charge is 0.269 e. The largest absolute Gasteiger partial charge is 0.343 e. The number of non-ortho nitro benzene ring substituents is 1. The van der Waals surface area contributed by atoms with Crippen LogP contribution in [0.15, 0.2) is 36.4 Å². The number of rotatable bonds is 6. The lowest BCUT2D eigenvalue weighted by atomic mass is 10.1. The van der Waals surface area contributed by atoms with Gasteiger partial charge in [0, 0.05) is 36.3 Å². The van der Waals surface area contributed by atoms with Gasteiger partial charge in [-0.05, 0) is 37.6 Å². The average molecular weight is 390 g/mol. The standard InChI is InChI=1S/C19H20ClN3O4/c1-12-6-13(2)8-14(7-12)19(25)21-10-18(24)22(3)11-15-9-16(23(26)27)4-5-17(15)20/h4-9H,10-11H2,1-3H3,(H,21,25). The summed E-state index contributed by atoms with van der Waals surface area (Å²) in [5.41, 5.74) is 2.78. The summed E-state index contributed by atoms with van der Waals surface area (Å²) in [5, 5.41) is 13.8. The van der Waals surface area contributed by atoms with E-state index in [0.717, 1.165) is 11.1 Å². The Morgan fingerprint density at radius 3 is 2.37 bits per heavy atom. The summed E-state index contributed by atoms with van der Waals surface area (Å²) in [6.45, 7) is 3.70. The molecule has 0 saturated carbocycles. The number of hydrogen-bond acceptors (Lipinski definition) is 4. The molecule has 0 spiro atoms. The number of amides is 2. The Bertz CT molecular complexity index is 878. The molecule has 142 valence electrons. The molecule has 0 radical (unpaired) electrons. The molecule has 1 N–H and O–H groups in total. The van der Waals surface area contributed by atoms with E-state index in [1.54, 1.807) is 19.2 Å². The highest BCUT2D eigenvalue weighted by molar-refractivity contribution is 6.31. The Kier molecular flexibility index (Phi) is 6.52. The van der Waals surface area contributed by atoms with Gasteiger partial charge in [0.15, 0.2) is 0 Å². The van der Waals surface area contributed by atoms with Gasteiger partial charge in [0.05, 0.1) is 11.5 Å². The van der Waals surface area contributed by atoms with Crippen LogP contribution in [0.3, 0.4) is 0 Å². The summed E-state index contributed by atoms with van der Waals surface area (Å²) in [7, 11) is 1.54. The maximum absolute atomic E-state index is 12.3. The molecule has 0 heterocycles. The summed E-state index contributed by atoms with van der Waals surface area (Å²) in [6, 6.07) is 9.52. The Balaban J connectivity index is 1.99. The first-order valence-electron chi connectivity index (χ1n) is 8.20. The molecule has 2 aromatic carbocycles. The van der Waals surface area contributed by atoms with Crippen LogP contribution in [0.25, 0.3) is 0 Å². The monoisotopic (exact) mass is 389 g/mol. The highest BCUT2D eigenvalue weighted by atomic mass is 35.5. The molecule has 0 saturated heterocycles. The van der Waals surface area contributed by atoms with Crippen molar-refractivity contribution in [3.05, 3.63) is 73.8 Å². The predicted molar refractivity (Wildman–Crippen MR) is 103 cm³/mol. The number of nitro groups is 1. The molecule has 2 aromatic rings. The zero-order valence-electron chi connectivity index (χ0n) is 15.3. The molecule has 0 fully saturated rings. The second-order valence-corrected chi connectivity index (χ2v) is 6.75. The minimum atomic E-state index is -0.522. The summed E-state index contributed by atoms with van der Waals surface area (Å²) in [4.78, 5) is 36.2. The van der Waals surface area contributed by atoms with Gasteiger partial charge in [-0.15, -0.1) is 0 Å². The summed E-state index contributed by atoms with van der Waals surface area (Å²) >= 11 is 6.06. The van der Waals surface area contributed by atoms with Crippen molar-refractivity contribution in [3.8, 4) is 0 Å². The molecule has 0 bridgehead atoms. The molecule has 2 rings (SSSR count). The third-order valence-electron chi connectivity index (χ3n) is 3.96. The Morgan fingerprint density at radius 2 is 1.78 bits per heavy atom. The van der Waals surface area contributed by atoms with Crippen LogP contribution in [0.1, 0.15) is 27.0 Å². The van der Waals surface area contributed by atoms with Gasteiger partial charge >= 0.3 is 0 Å². The third kappa shape index (κ3) is 5.52. The van der Waals surface area contributed by atoms with E-state index in [-0.39, 0.29) is 30.6 Å². The normalized spacial score (nSPS) is 10.4. The highest BCUT2D eigenvalue weighted by Crippen LogP contribution is 2.23. The number of halogens is 1. The molecule has 27 heavy (non-hydrogen) atoms. The number of carbonyl (C=O) groups is 2. The quantitative estimate of drug-likeness (QED) is 0.606. The molecule has 2 amide bonds. The number of nitrogens with one attached hydrogen (secondary N) is 1. The molecule has 0 unspecified atom stereocenters. The Morgan fingerprint density at radius 1 is 1.15 bits per heavy atom. The number of likely N-dealkylation sites (N-methyl/N-ethyl adjacent to an activating group) is 1. The van der Waals surface area contributed by atoms with Gasteiger partial charge in [0.1, 0.15) is 0 Å². The van der Waals surface area contributed by atoms with Crippen molar-refractivity contribution in [2.75, 3.05) is 13.6 Å². The first-order chi connectivity index (χ1) is 12.7. The molecule has 0 atom stereocenters. The molecule has 0 aliphatic rings. The maximum atomic E-state index is 12.3. The van der Waals surface area contributed by atoms with E-state index in [0.29, 0.717) is 16.1 Å². The van der Waals surface area contributed by atoms with Crippen molar-refractivity contribution in [2.45, 2.75) is 20.4 Å². The molecular weight excluding hydrogens is 370 g/mol. The topological polar surface area (TPSA) is 92.6 Å². The van der Waals surface area contributed by atoms with E-state index < -0.39 is 4.92 Å². The Labute approximate surface area is 162 Å². The summed E-state index contributed by atoms with van der Waals surface area (Å²) < 4.78 is 0. The number of nitro benzene ring substituents is 1. The molecule has 0 aliphatic heterocycles. The van der Waals surface area contributed by atoms with E-state index >= 15 is 0 Å². The van der Waals surface area contributed by atoms with Crippen molar-refractivity contribution in [1.29, 1.82) is 0 Å². The van der Waals surface area contributed by atoms with Crippen molar-refractivity contribution in [2.24, 2.45) is 0 Å². The SMILES string of the molecule is Cc1cc(C)cc(C(=O)NCC(=O)N(C)Cc2cc([N+](=O)[O-])ccc2Cl)c1. The first kappa shape index (κ1) is 20.4. The first-order valence-corrected chi connectivity index (χ1v) is 8.58. The summed E-state index contributed by atoms with van der Waals surface area (Å²) in [6.07, 6.45) is 0. The third-order valence-corrected chi connectivity index (χ3v) is 4.33.